The molecule has 26 heavy (non-hydrogen) atoms. The van der Waals surface area contributed by atoms with E-state index in [1.54, 1.807) is 11.8 Å². The standard InChI is InChI=1S/C17H24N6O2S/c1-13(2)23-17(18-19-20-23)26-12-16(24)22-10-8-21(9-11-22)14-6-4-5-7-15(14)25-3/h4-7,13H,8-12H2,1-3H3. The molecule has 0 unspecified atom stereocenters. The van der Waals surface area contributed by atoms with Gasteiger partial charge in [-0.15, -0.1) is 5.10 Å². The lowest BCUT2D eigenvalue weighted by atomic mass is 10.2. The van der Waals surface area contributed by atoms with Crippen LogP contribution in [0.3, 0.4) is 0 Å². The molecule has 0 atom stereocenters. The van der Waals surface area contributed by atoms with Crippen LogP contribution in [0.25, 0.3) is 0 Å². The summed E-state index contributed by atoms with van der Waals surface area (Å²) >= 11 is 1.39. The number of hydrogen-bond donors (Lipinski definition) is 0. The number of thioether (sulfide) groups is 1. The van der Waals surface area contributed by atoms with E-state index in [0.717, 1.165) is 24.5 Å². The van der Waals surface area contributed by atoms with Gasteiger partial charge in [0, 0.05) is 26.2 Å². The second-order valence-corrected chi connectivity index (χ2v) is 7.27. The predicted molar refractivity (Wildman–Crippen MR) is 101 cm³/mol. The predicted octanol–water partition coefficient (Wildman–Crippen LogP) is 1.70. The second kappa shape index (κ2) is 8.39. The molecule has 1 amide bonds. The number of methoxy groups -OCH3 is 1. The average Bonchev–Trinajstić information content (AvgIpc) is 3.15. The van der Waals surface area contributed by atoms with Crippen LogP contribution in [0.15, 0.2) is 29.4 Å². The van der Waals surface area contributed by atoms with Crippen molar-refractivity contribution in [2.75, 3.05) is 43.9 Å². The summed E-state index contributed by atoms with van der Waals surface area (Å²) in [6.07, 6.45) is 0. The van der Waals surface area contributed by atoms with E-state index in [1.165, 1.54) is 11.8 Å². The molecule has 1 aromatic carbocycles. The highest BCUT2D eigenvalue weighted by Crippen LogP contribution is 2.28. The molecule has 0 spiro atoms. The van der Waals surface area contributed by atoms with Gasteiger partial charge < -0.3 is 14.5 Å². The minimum atomic E-state index is 0.119. The highest BCUT2D eigenvalue weighted by atomic mass is 32.2. The number of para-hydroxylation sites is 2. The molecule has 2 heterocycles. The molecule has 1 aliphatic heterocycles. The summed E-state index contributed by atoms with van der Waals surface area (Å²) < 4.78 is 7.17. The van der Waals surface area contributed by atoms with Crippen LogP contribution in [0.1, 0.15) is 19.9 Å². The Morgan fingerprint density at radius 1 is 1.23 bits per heavy atom. The Bertz CT molecular complexity index is 742. The molecule has 0 saturated carbocycles. The minimum Gasteiger partial charge on any atom is -0.495 e. The Morgan fingerprint density at radius 2 is 1.96 bits per heavy atom. The van der Waals surface area contributed by atoms with E-state index >= 15 is 0 Å². The van der Waals surface area contributed by atoms with E-state index in [-0.39, 0.29) is 11.9 Å². The topological polar surface area (TPSA) is 76.4 Å². The van der Waals surface area contributed by atoms with Gasteiger partial charge in [0.15, 0.2) is 0 Å². The zero-order chi connectivity index (χ0) is 18.5. The van der Waals surface area contributed by atoms with E-state index in [9.17, 15) is 4.79 Å². The van der Waals surface area contributed by atoms with Gasteiger partial charge in [0.1, 0.15) is 5.75 Å². The van der Waals surface area contributed by atoms with Crippen LogP contribution < -0.4 is 9.64 Å². The van der Waals surface area contributed by atoms with Crippen molar-refractivity contribution < 1.29 is 9.53 Å². The van der Waals surface area contributed by atoms with Crippen molar-refractivity contribution in [3.63, 3.8) is 0 Å². The van der Waals surface area contributed by atoms with E-state index in [2.05, 4.69) is 26.5 Å². The summed E-state index contributed by atoms with van der Waals surface area (Å²) in [4.78, 5) is 16.7. The molecule has 3 rings (SSSR count). The molecule has 0 bridgehead atoms. The number of carbonyl (C=O) groups excluding carboxylic acids is 1. The maximum Gasteiger partial charge on any atom is 0.233 e. The number of aromatic nitrogens is 4. The van der Waals surface area contributed by atoms with Crippen molar-refractivity contribution in [2.45, 2.75) is 25.0 Å². The largest absolute Gasteiger partial charge is 0.495 e. The van der Waals surface area contributed by atoms with Crippen LogP contribution in [0.4, 0.5) is 5.69 Å². The molecule has 0 radical (unpaired) electrons. The number of benzene rings is 1. The lowest BCUT2D eigenvalue weighted by molar-refractivity contribution is -0.128. The number of rotatable bonds is 6. The molecule has 8 nitrogen and oxygen atoms in total. The molecule has 1 aliphatic rings. The van der Waals surface area contributed by atoms with Crippen LogP contribution >= 0.6 is 11.8 Å². The number of nitrogens with zero attached hydrogens (tertiary/aromatic N) is 6. The molecule has 9 heteroatoms. The third kappa shape index (κ3) is 4.09. The fourth-order valence-corrected chi connectivity index (χ4v) is 3.82. The van der Waals surface area contributed by atoms with Gasteiger partial charge >= 0.3 is 0 Å². The number of carbonyl (C=O) groups is 1. The highest BCUT2D eigenvalue weighted by molar-refractivity contribution is 7.99. The second-order valence-electron chi connectivity index (χ2n) is 6.33. The Hall–Kier alpha value is -2.29. The molecule has 0 N–H and O–H groups in total. The molecule has 1 aromatic heterocycles. The Kier molecular flexibility index (Phi) is 5.97. The Labute approximate surface area is 157 Å². The SMILES string of the molecule is COc1ccccc1N1CCN(C(=O)CSc2nnnn2C(C)C)CC1. The summed E-state index contributed by atoms with van der Waals surface area (Å²) in [5, 5.41) is 12.3. The van der Waals surface area contributed by atoms with Crippen LogP contribution in [-0.2, 0) is 4.79 Å². The zero-order valence-electron chi connectivity index (χ0n) is 15.3. The maximum atomic E-state index is 12.5. The van der Waals surface area contributed by atoms with Crippen molar-refractivity contribution >= 4 is 23.4 Å². The van der Waals surface area contributed by atoms with Gasteiger partial charge in [-0.2, -0.15) is 0 Å². The first kappa shape index (κ1) is 18.5. The van der Waals surface area contributed by atoms with Gasteiger partial charge in [-0.1, -0.05) is 23.9 Å². The highest BCUT2D eigenvalue weighted by Gasteiger charge is 2.23. The first-order chi connectivity index (χ1) is 12.6. The van der Waals surface area contributed by atoms with Crippen LogP contribution in [0.2, 0.25) is 0 Å². The number of tetrazole rings is 1. The average molecular weight is 376 g/mol. The number of ether oxygens (including phenoxy) is 1. The molecule has 1 saturated heterocycles. The van der Waals surface area contributed by atoms with Crippen molar-refractivity contribution in [2.24, 2.45) is 0 Å². The summed E-state index contributed by atoms with van der Waals surface area (Å²) in [7, 11) is 1.68. The summed E-state index contributed by atoms with van der Waals surface area (Å²) in [5.74, 6) is 1.33. The number of anilines is 1. The Morgan fingerprint density at radius 3 is 2.65 bits per heavy atom. The van der Waals surface area contributed by atoms with Gasteiger partial charge in [-0.05, 0) is 36.4 Å². The van der Waals surface area contributed by atoms with E-state index in [0.29, 0.717) is 24.0 Å². The smallest absolute Gasteiger partial charge is 0.233 e. The quantitative estimate of drug-likeness (QED) is 0.710. The van der Waals surface area contributed by atoms with Gasteiger partial charge in [0.2, 0.25) is 11.1 Å². The van der Waals surface area contributed by atoms with Crippen LogP contribution in [0.5, 0.6) is 5.75 Å². The minimum absolute atomic E-state index is 0.119. The summed E-state index contributed by atoms with van der Waals surface area (Å²) in [6, 6.07) is 8.15. The molecular formula is C17H24N6O2S. The fraction of sp³-hybridized carbons (Fsp3) is 0.529. The lowest BCUT2D eigenvalue weighted by Gasteiger charge is -2.36. The van der Waals surface area contributed by atoms with Crippen LogP contribution in [-0.4, -0.2) is 70.1 Å². The van der Waals surface area contributed by atoms with Crippen molar-refractivity contribution in [1.29, 1.82) is 0 Å². The van der Waals surface area contributed by atoms with Crippen LogP contribution in [0, 0.1) is 0 Å². The fourth-order valence-electron chi connectivity index (χ4n) is 2.91. The summed E-state index contributed by atoms with van der Waals surface area (Å²) in [5.41, 5.74) is 1.08. The molecule has 0 aliphatic carbocycles. The Balaban J connectivity index is 1.53. The molecule has 2 aromatic rings. The third-order valence-electron chi connectivity index (χ3n) is 4.33. The first-order valence-electron chi connectivity index (χ1n) is 8.66. The summed E-state index contributed by atoms with van der Waals surface area (Å²) in [6.45, 7) is 7.01. The molecule has 1 fully saturated rings. The molecular weight excluding hydrogens is 352 g/mol. The number of amides is 1. The first-order valence-corrected chi connectivity index (χ1v) is 9.65. The number of piperazine rings is 1. The third-order valence-corrected chi connectivity index (χ3v) is 5.25. The van der Waals surface area contributed by atoms with E-state index in [1.807, 2.05) is 36.9 Å². The normalized spacial score (nSPS) is 14.8. The van der Waals surface area contributed by atoms with E-state index in [4.69, 9.17) is 4.74 Å². The van der Waals surface area contributed by atoms with Gasteiger partial charge in [-0.3, -0.25) is 4.79 Å². The van der Waals surface area contributed by atoms with E-state index < -0.39 is 0 Å². The van der Waals surface area contributed by atoms with Crippen molar-refractivity contribution in [3.8, 4) is 5.75 Å². The van der Waals surface area contributed by atoms with Crippen molar-refractivity contribution in [1.82, 2.24) is 25.1 Å². The zero-order valence-corrected chi connectivity index (χ0v) is 16.1. The van der Waals surface area contributed by atoms with Crippen molar-refractivity contribution in [3.05, 3.63) is 24.3 Å². The van der Waals surface area contributed by atoms with Gasteiger partial charge in [-0.25, -0.2) is 4.68 Å². The monoisotopic (exact) mass is 376 g/mol. The molecule has 140 valence electrons. The lowest BCUT2D eigenvalue weighted by Crippen LogP contribution is -2.49. The van der Waals surface area contributed by atoms with Gasteiger partial charge in [0.05, 0.1) is 24.6 Å². The van der Waals surface area contributed by atoms with Gasteiger partial charge in [0.25, 0.3) is 0 Å². The maximum absolute atomic E-state index is 12.5. The number of hydrogen-bond acceptors (Lipinski definition) is 7.